The van der Waals surface area contributed by atoms with Gasteiger partial charge in [0.2, 0.25) is 21.8 Å². The fraction of sp³-hybridized carbons (Fsp3) is 0.409. The number of piperazine rings is 1. The van der Waals surface area contributed by atoms with Crippen molar-refractivity contribution in [2.75, 3.05) is 39.8 Å². The number of carbonyl (C=O) groups excluding carboxylic acids is 2. The Morgan fingerprint density at radius 2 is 1.62 bits per heavy atom. The summed E-state index contributed by atoms with van der Waals surface area (Å²) < 4.78 is 39.2. The van der Waals surface area contributed by atoms with Gasteiger partial charge in [0.15, 0.2) is 0 Å². The molecule has 0 atom stereocenters. The summed E-state index contributed by atoms with van der Waals surface area (Å²) in [6, 6.07) is 10.1. The van der Waals surface area contributed by atoms with Crippen LogP contribution in [-0.2, 0) is 26.0 Å². The Balaban J connectivity index is 1.41. The van der Waals surface area contributed by atoms with Crippen molar-refractivity contribution in [3.8, 4) is 0 Å². The largest absolute Gasteiger partial charge is 0.339 e. The van der Waals surface area contributed by atoms with Crippen LogP contribution in [0.4, 0.5) is 4.39 Å². The Morgan fingerprint density at radius 1 is 1.00 bits per heavy atom. The van der Waals surface area contributed by atoms with Gasteiger partial charge in [0.1, 0.15) is 5.82 Å². The van der Waals surface area contributed by atoms with Crippen LogP contribution < -0.4 is 0 Å². The van der Waals surface area contributed by atoms with E-state index in [4.69, 9.17) is 0 Å². The first-order valence-electron chi connectivity index (χ1n) is 10.4. The zero-order valence-corrected chi connectivity index (χ0v) is 18.8. The molecule has 0 bridgehead atoms. The van der Waals surface area contributed by atoms with E-state index in [9.17, 15) is 22.4 Å². The summed E-state index contributed by atoms with van der Waals surface area (Å²) in [5.74, 6) is -0.575. The van der Waals surface area contributed by atoms with E-state index in [1.165, 1.54) is 23.5 Å². The first-order chi connectivity index (χ1) is 15.3. The van der Waals surface area contributed by atoms with Crippen molar-refractivity contribution in [2.24, 2.45) is 0 Å². The summed E-state index contributed by atoms with van der Waals surface area (Å²) in [7, 11) is -2.29. The van der Waals surface area contributed by atoms with Gasteiger partial charge in [0, 0.05) is 58.1 Å². The van der Waals surface area contributed by atoms with Gasteiger partial charge in [-0.25, -0.2) is 17.1 Å². The summed E-state index contributed by atoms with van der Waals surface area (Å²) >= 11 is 0. The van der Waals surface area contributed by atoms with Gasteiger partial charge in [0.05, 0.1) is 11.3 Å². The smallest absolute Gasteiger partial charge is 0.242 e. The average molecular weight is 463 g/mol. The molecule has 10 heteroatoms. The third-order valence-corrected chi connectivity index (χ3v) is 7.30. The van der Waals surface area contributed by atoms with E-state index >= 15 is 0 Å². The highest BCUT2D eigenvalue weighted by atomic mass is 32.2. The Kier molecular flexibility index (Phi) is 7.92. The molecule has 8 nitrogen and oxygen atoms in total. The quantitative estimate of drug-likeness (QED) is 0.594. The second kappa shape index (κ2) is 10.6. The van der Waals surface area contributed by atoms with Crippen LogP contribution >= 0.6 is 0 Å². The zero-order chi connectivity index (χ0) is 23.1. The standard InChI is InChI=1S/C22H27FN4O4S/c1-25(32(30,31)20-9-7-18(23)8-10-20)12-4-6-21(28)26-13-15-27(16-14-26)22(29)17-19-5-2-3-11-24-19/h2-3,5,7-11H,4,6,12-17H2,1H3. The molecule has 1 saturated heterocycles. The summed E-state index contributed by atoms with van der Waals surface area (Å²) in [5.41, 5.74) is 0.718. The Bertz CT molecular complexity index is 1020. The molecule has 32 heavy (non-hydrogen) atoms. The van der Waals surface area contributed by atoms with Gasteiger partial charge in [0.25, 0.3) is 0 Å². The van der Waals surface area contributed by atoms with Gasteiger partial charge in [-0.05, 0) is 42.8 Å². The van der Waals surface area contributed by atoms with E-state index in [1.807, 2.05) is 12.1 Å². The van der Waals surface area contributed by atoms with Gasteiger partial charge in [-0.1, -0.05) is 6.07 Å². The first-order valence-corrected chi connectivity index (χ1v) is 11.9. The number of carbonyl (C=O) groups is 2. The van der Waals surface area contributed by atoms with Crippen molar-refractivity contribution in [3.63, 3.8) is 0 Å². The van der Waals surface area contributed by atoms with Gasteiger partial charge in [-0.3, -0.25) is 14.6 Å². The lowest BCUT2D eigenvalue weighted by Gasteiger charge is -2.35. The molecule has 1 aliphatic rings. The number of hydrogen-bond donors (Lipinski definition) is 0. The Morgan fingerprint density at radius 3 is 2.22 bits per heavy atom. The van der Waals surface area contributed by atoms with Crippen LogP contribution in [0.25, 0.3) is 0 Å². The lowest BCUT2D eigenvalue weighted by Crippen LogP contribution is -2.51. The molecular formula is C22H27FN4O4S. The van der Waals surface area contributed by atoms with E-state index in [-0.39, 0.29) is 36.1 Å². The average Bonchev–Trinajstić information content (AvgIpc) is 2.80. The lowest BCUT2D eigenvalue weighted by atomic mass is 10.2. The second-order valence-corrected chi connectivity index (χ2v) is 9.69. The maximum absolute atomic E-state index is 13.0. The van der Waals surface area contributed by atoms with Gasteiger partial charge in [-0.15, -0.1) is 0 Å². The Hall–Kier alpha value is -2.85. The topological polar surface area (TPSA) is 90.9 Å². The fourth-order valence-electron chi connectivity index (χ4n) is 3.49. The Labute approximate surface area is 187 Å². The van der Waals surface area contributed by atoms with Crippen LogP contribution in [0.15, 0.2) is 53.6 Å². The minimum absolute atomic E-state index is 0.0107. The molecule has 0 spiro atoms. The minimum Gasteiger partial charge on any atom is -0.339 e. The van der Waals surface area contributed by atoms with Crippen LogP contribution in [0, 0.1) is 5.82 Å². The number of rotatable bonds is 8. The van der Waals surface area contributed by atoms with Crippen LogP contribution in [-0.4, -0.2) is 79.1 Å². The van der Waals surface area contributed by atoms with Gasteiger partial charge >= 0.3 is 0 Å². The molecule has 0 N–H and O–H groups in total. The third kappa shape index (κ3) is 6.10. The third-order valence-electron chi connectivity index (χ3n) is 5.43. The first kappa shape index (κ1) is 23.8. The number of halogens is 1. The SMILES string of the molecule is CN(CCCC(=O)N1CCN(C(=O)Cc2ccccn2)CC1)S(=O)(=O)c1ccc(F)cc1. The molecular weight excluding hydrogens is 435 g/mol. The van der Waals surface area contributed by atoms with Crippen molar-refractivity contribution < 1.29 is 22.4 Å². The van der Waals surface area contributed by atoms with Crippen LogP contribution in [0.1, 0.15) is 18.5 Å². The van der Waals surface area contributed by atoms with Crippen molar-refractivity contribution in [3.05, 3.63) is 60.2 Å². The number of amides is 2. The molecule has 1 aromatic heterocycles. The van der Waals surface area contributed by atoms with Gasteiger partial charge in [-0.2, -0.15) is 0 Å². The normalized spacial score (nSPS) is 14.6. The highest BCUT2D eigenvalue weighted by Crippen LogP contribution is 2.16. The van der Waals surface area contributed by atoms with E-state index in [1.54, 1.807) is 22.1 Å². The van der Waals surface area contributed by atoms with Crippen molar-refractivity contribution >= 4 is 21.8 Å². The summed E-state index contributed by atoms with van der Waals surface area (Å²) in [5, 5.41) is 0. The molecule has 0 unspecified atom stereocenters. The van der Waals surface area contributed by atoms with Crippen LogP contribution in [0.2, 0.25) is 0 Å². The number of aromatic nitrogens is 1. The predicted molar refractivity (Wildman–Crippen MR) is 117 cm³/mol. The number of sulfonamides is 1. The molecule has 0 radical (unpaired) electrons. The molecule has 2 amide bonds. The van der Waals surface area contributed by atoms with Crippen molar-refractivity contribution in [2.45, 2.75) is 24.2 Å². The molecule has 172 valence electrons. The number of pyridine rings is 1. The second-order valence-electron chi connectivity index (χ2n) is 7.64. The highest BCUT2D eigenvalue weighted by Gasteiger charge is 2.25. The maximum atomic E-state index is 13.0. The van der Waals surface area contributed by atoms with Crippen LogP contribution in [0.5, 0.6) is 0 Å². The molecule has 2 aromatic rings. The summed E-state index contributed by atoms with van der Waals surface area (Å²) in [6.45, 7) is 2.02. The monoisotopic (exact) mass is 462 g/mol. The molecule has 0 aliphatic carbocycles. The van der Waals surface area contributed by atoms with E-state index < -0.39 is 15.8 Å². The number of nitrogens with zero attached hydrogens (tertiary/aromatic N) is 4. The maximum Gasteiger partial charge on any atom is 0.242 e. The molecule has 1 aliphatic heterocycles. The molecule has 1 fully saturated rings. The fourth-order valence-corrected chi connectivity index (χ4v) is 4.70. The molecule has 2 heterocycles. The number of benzene rings is 1. The zero-order valence-electron chi connectivity index (χ0n) is 18.0. The van der Waals surface area contributed by atoms with E-state index in [2.05, 4.69) is 4.98 Å². The van der Waals surface area contributed by atoms with Gasteiger partial charge < -0.3 is 9.80 Å². The highest BCUT2D eigenvalue weighted by molar-refractivity contribution is 7.89. The number of hydrogen-bond acceptors (Lipinski definition) is 5. The van der Waals surface area contributed by atoms with Crippen LogP contribution in [0.3, 0.4) is 0 Å². The lowest BCUT2D eigenvalue weighted by molar-refractivity contribution is -0.139. The van der Waals surface area contributed by atoms with Crippen molar-refractivity contribution in [1.29, 1.82) is 0 Å². The minimum atomic E-state index is -3.73. The summed E-state index contributed by atoms with van der Waals surface area (Å²) in [4.78, 5) is 32.6. The molecule has 0 saturated carbocycles. The van der Waals surface area contributed by atoms with Crippen molar-refractivity contribution in [1.82, 2.24) is 19.1 Å². The summed E-state index contributed by atoms with van der Waals surface area (Å²) in [6.07, 6.45) is 2.48. The predicted octanol–water partition coefficient (Wildman–Crippen LogP) is 1.53. The van der Waals surface area contributed by atoms with E-state index in [0.29, 0.717) is 32.6 Å². The molecule has 3 rings (SSSR count). The van der Waals surface area contributed by atoms with E-state index in [0.717, 1.165) is 17.8 Å². The molecule has 1 aromatic carbocycles.